The highest BCUT2D eigenvalue weighted by molar-refractivity contribution is 5.82. The van der Waals surface area contributed by atoms with Crippen LogP contribution in [0.25, 0.3) is 0 Å². The Kier molecular flexibility index (Phi) is 7.70. The molecule has 0 N–H and O–H groups in total. The zero-order valence-corrected chi connectivity index (χ0v) is 15.0. The van der Waals surface area contributed by atoms with Gasteiger partial charge in [-0.1, -0.05) is 72.3 Å². The second kappa shape index (κ2) is 8.21. The van der Waals surface area contributed by atoms with Gasteiger partial charge in [-0.25, -0.2) is 4.79 Å². The molecule has 0 unspecified atom stereocenters. The monoisotopic (exact) mass is 292 g/mol. The molecule has 0 bridgehead atoms. The van der Waals surface area contributed by atoms with Crippen molar-refractivity contribution in [2.45, 2.75) is 61.8 Å². The van der Waals surface area contributed by atoms with Crippen molar-refractivity contribution in [1.29, 1.82) is 0 Å². The third-order valence-corrected chi connectivity index (χ3v) is 3.33. The molecule has 21 heavy (non-hydrogen) atoms. The standard InChI is InChI=1S/C19H32O2/c1-9-15(18(3,4)5)14-16(19(6,7)8)12-11-13-17(20)21-10-2/h11-14H,9-10H2,1-8H3/b13-11+,15-14+,16-12+. The summed E-state index contributed by atoms with van der Waals surface area (Å²) in [6, 6.07) is 0. The van der Waals surface area contributed by atoms with Crippen LogP contribution in [0.4, 0.5) is 0 Å². The van der Waals surface area contributed by atoms with Crippen molar-refractivity contribution in [3.63, 3.8) is 0 Å². The molecule has 2 heteroatoms. The summed E-state index contributed by atoms with van der Waals surface area (Å²) >= 11 is 0. The lowest BCUT2D eigenvalue weighted by Crippen LogP contribution is -2.13. The van der Waals surface area contributed by atoms with Crippen molar-refractivity contribution < 1.29 is 9.53 Å². The Morgan fingerprint density at radius 1 is 1.00 bits per heavy atom. The predicted octanol–water partition coefficient (Wildman–Crippen LogP) is 5.46. The van der Waals surface area contributed by atoms with Crippen LogP contribution in [0.5, 0.6) is 0 Å². The number of esters is 1. The first-order chi connectivity index (χ1) is 9.52. The Morgan fingerprint density at radius 2 is 1.57 bits per heavy atom. The van der Waals surface area contributed by atoms with Gasteiger partial charge < -0.3 is 4.74 Å². The fraction of sp³-hybridized carbons (Fsp3) is 0.632. The molecule has 0 amide bonds. The van der Waals surface area contributed by atoms with Crippen molar-refractivity contribution in [2.75, 3.05) is 6.61 Å². The molecular formula is C19H32O2. The Balaban J connectivity index is 5.42. The van der Waals surface area contributed by atoms with Gasteiger partial charge in [-0.2, -0.15) is 0 Å². The minimum Gasteiger partial charge on any atom is -0.463 e. The minimum absolute atomic E-state index is 0.0324. The fourth-order valence-electron chi connectivity index (χ4n) is 1.97. The normalized spacial score (nSPS) is 14.7. The van der Waals surface area contributed by atoms with Gasteiger partial charge in [-0.05, 0) is 29.7 Å². The lowest BCUT2D eigenvalue weighted by molar-refractivity contribution is -0.137. The van der Waals surface area contributed by atoms with Crippen molar-refractivity contribution in [1.82, 2.24) is 0 Å². The summed E-state index contributed by atoms with van der Waals surface area (Å²) in [5.41, 5.74) is 2.82. The topological polar surface area (TPSA) is 26.3 Å². The van der Waals surface area contributed by atoms with E-state index in [1.165, 1.54) is 17.2 Å². The molecule has 0 aliphatic heterocycles. The van der Waals surface area contributed by atoms with Crippen LogP contribution in [0.1, 0.15) is 61.8 Å². The smallest absolute Gasteiger partial charge is 0.330 e. The summed E-state index contributed by atoms with van der Waals surface area (Å²) in [5.74, 6) is -0.294. The van der Waals surface area contributed by atoms with Gasteiger partial charge in [0.25, 0.3) is 0 Å². The number of rotatable bonds is 5. The molecule has 120 valence electrons. The molecule has 0 heterocycles. The molecule has 0 saturated heterocycles. The molecule has 0 fully saturated rings. The fourth-order valence-corrected chi connectivity index (χ4v) is 1.97. The number of allylic oxidation sites excluding steroid dienone is 5. The first-order valence-electron chi connectivity index (χ1n) is 7.79. The molecule has 2 nitrogen and oxygen atoms in total. The Bertz CT molecular complexity index is 423. The second-order valence-corrected chi connectivity index (χ2v) is 7.26. The maximum absolute atomic E-state index is 11.4. The first-order valence-corrected chi connectivity index (χ1v) is 7.79. The average molecular weight is 292 g/mol. The number of ether oxygens (including phenoxy) is 1. The van der Waals surface area contributed by atoms with Crippen molar-refractivity contribution in [3.05, 3.63) is 35.5 Å². The predicted molar refractivity (Wildman–Crippen MR) is 91.1 cm³/mol. The second-order valence-electron chi connectivity index (χ2n) is 7.26. The van der Waals surface area contributed by atoms with Gasteiger partial charge in [0, 0.05) is 6.08 Å². The zero-order valence-electron chi connectivity index (χ0n) is 15.0. The third-order valence-electron chi connectivity index (χ3n) is 3.33. The van der Waals surface area contributed by atoms with Gasteiger partial charge in [0.2, 0.25) is 0 Å². The summed E-state index contributed by atoms with van der Waals surface area (Å²) in [5, 5.41) is 0. The van der Waals surface area contributed by atoms with E-state index < -0.39 is 0 Å². The lowest BCUT2D eigenvalue weighted by atomic mass is 9.79. The highest BCUT2D eigenvalue weighted by atomic mass is 16.5. The first kappa shape index (κ1) is 19.7. The van der Waals surface area contributed by atoms with Gasteiger partial charge in [-0.15, -0.1) is 0 Å². The lowest BCUT2D eigenvalue weighted by Gasteiger charge is -2.26. The third kappa shape index (κ3) is 7.89. The van der Waals surface area contributed by atoms with Gasteiger partial charge in [0.1, 0.15) is 0 Å². The number of hydrogen-bond acceptors (Lipinski definition) is 2. The summed E-state index contributed by atoms with van der Waals surface area (Å²) in [7, 11) is 0. The quantitative estimate of drug-likeness (QED) is 0.382. The Hall–Kier alpha value is -1.31. The van der Waals surface area contributed by atoms with E-state index in [1.807, 2.05) is 13.0 Å². The minimum atomic E-state index is -0.294. The van der Waals surface area contributed by atoms with Gasteiger partial charge in [0.05, 0.1) is 6.61 Å². The molecule has 0 aliphatic rings. The molecule has 0 aliphatic carbocycles. The molecule has 0 rings (SSSR count). The summed E-state index contributed by atoms with van der Waals surface area (Å²) < 4.78 is 4.90. The van der Waals surface area contributed by atoms with E-state index in [-0.39, 0.29) is 16.8 Å². The highest BCUT2D eigenvalue weighted by Gasteiger charge is 2.20. The van der Waals surface area contributed by atoms with Crippen LogP contribution in [-0.2, 0) is 9.53 Å². The number of hydrogen-bond donors (Lipinski definition) is 0. The van der Waals surface area contributed by atoms with E-state index in [0.29, 0.717) is 6.61 Å². The maximum Gasteiger partial charge on any atom is 0.330 e. The van der Waals surface area contributed by atoms with E-state index in [0.717, 1.165) is 6.42 Å². The van der Waals surface area contributed by atoms with E-state index in [4.69, 9.17) is 4.74 Å². The van der Waals surface area contributed by atoms with Gasteiger partial charge >= 0.3 is 5.97 Å². The van der Waals surface area contributed by atoms with Crippen LogP contribution in [0.15, 0.2) is 35.5 Å². The van der Waals surface area contributed by atoms with E-state index >= 15 is 0 Å². The SMILES string of the molecule is CCOC(=O)/C=C/C=C(\C=C(/CC)C(C)(C)C)C(C)(C)C. The van der Waals surface area contributed by atoms with Crippen LogP contribution < -0.4 is 0 Å². The maximum atomic E-state index is 11.4. The number of carbonyl (C=O) groups is 1. The zero-order chi connectivity index (χ0) is 16.7. The molecule has 0 saturated carbocycles. The summed E-state index contributed by atoms with van der Waals surface area (Å²) in [4.78, 5) is 11.4. The Morgan fingerprint density at radius 3 is 1.95 bits per heavy atom. The summed E-state index contributed by atoms with van der Waals surface area (Å²) in [6.45, 7) is 17.7. The van der Waals surface area contributed by atoms with Crippen LogP contribution >= 0.6 is 0 Å². The molecule has 0 spiro atoms. The van der Waals surface area contributed by atoms with Crippen LogP contribution in [0, 0.1) is 10.8 Å². The molecule has 0 aromatic heterocycles. The molecule has 0 aromatic carbocycles. The van der Waals surface area contributed by atoms with E-state index in [1.54, 1.807) is 6.08 Å². The van der Waals surface area contributed by atoms with Gasteiger partial charge in [-0.3, -0.25) is 0 Å². The molecular weight excluding hydrogens is 260 g/mol. The van der Waals surface area contributed by atoms with Crippen molar-refractivity contribution in [2.24, 2.45) is 10.8 Å². The van der Waals surface area contributed by atoms with Crippen LogP contribution in [0.2, 0.25) is 0 Å². The average Bonchev–Trinajstić information content (AvgIpc) is 2.30. The van der Waals surface area contributed by atoms with E-state index in [2.05, 4.69) is 54.5 Å². The van der Waals surface area contributed by atoms with Crippen molar-refractivity contribution >= 4 is 5.97 Å². The molecule has 0 atom stereocenters. The highest BCUT2D eigenvalue weighted by Crippen LogP contribution is 2.33. The van der Waals surface area contributed by atoms with Crippen LogP contribution in [-0.4, -0.2) is 12.6 Å². The molecule has 0 aromatic rings. The number of carbonyl (C=O) groups excluding carboxylic acids is 1. The van der Waals surface area contributed by atoms with Gasteiger partial charge in [0.15, 0.2) is 0 Å². The van der Waals surface area contributed by atoms with Crippen molar-refractivity contribution in [3.8, 4) is 0 Å². The Labute approximate surface area is 131 Å². The van der Waals surface area contributed by atoms with Crippen LogP contribution in [0.3, 0.4) is 0 Å². The van der Waals surface area contributed by atoms with E-state index in [9.17, 15) is 4.79 Å². The molecule has 0 radical (unpaired) electrons. The summed E-state index contributed by atoms with van der Waals surface area (Å²) in [6.07, 6.45) is 8.57. The largest absolute Gasteiger partial charge is 0.463 e.